The molecule has 108 valence electrons. The number of hydrogen-bond donors (Lipinski definition) is 1. The number of nitrogens with one attached hydrogen (secondary N) is 1. The van der Waals surface area contributed by atoms with Crippen molar-refractivity contribution >= 4 is 0 Å². The van der Waals surface area contributed by atoms with Crippen molar-refractivity contribution in [3.63, 3.8) is 0 Å². The highest BCUT2D eigenvalue weighted by molar-refractivity contribution is 4.88. The van der Waals surface area contributed by atoms with Gasteiger partial charge in [-0.1, -0.05) is 13.8 Å². The van der Waals surface area contributed by atoms with E-state index in [1.54, 1.807) is 7.11 Å². The lowest BCUT2D eigenvalue weighted by molar-refractivity contribution is -0.0680. The van der Waals surface area contributed by atoms with Crippen LogP contribution in [0.2, 0.25) is 0 Å². The molecule has 1 aliphatic heterocycles. The second kappa shape index (κ2) is 7.43. The van der Waals surface area contributed by atoms with Crippen LogP contribution in [-0.2, 0) is 9.47 Å². The summed E-state index contributed by atoms with van der Waals surface area (Å²) in [5.74, 6) is 0. The van der Waals surface area contributed by atoms with Crippen molar-refractivity contribution in [2.45, 2.75) is 51.3 Å². The van der Waals surface area contributed by atoms with E-state index < -0.39 is 0 Å². The molecular weight excluding hydrogens is 228 g/mol. The molecule has 4 heteroatoms. The van der Waals surface area contributed by atoms with Gasteiger partial charge in [-0.2, -0.15) is 0 Å². The van der Waals surface area contributed by atoms with Crippen molar-refractivity contribution in [2.75, 3.05) is 40.5 Å². The van der Waals surface area contributed by atoms with Crippen molar-refractivity contribution in [1.29, 1.82) is 0 Å². The molecular formula is C14H30N2O2. The summed E-state index contributed by atoms with van der Waals surface area (Å²) >= 11 is 0. The van der Waals surface area contributed by atoms with Gasteiger partial charge in [-0.15, -0.1) is 0 Å². The zero-order valence-electron chi connectivity index (χ0n) is 12.7. The van der Waals surface area contributed by atoms with E-state index in [1.165, 1.54) is 6.42 Å². The first kappa shape index (κ1) is 15.9. The lowest BCUT2D eigenvalue weighted by Crippen LogP contribution is -2.55. The van der Waals surface area contributed by atoms with Crippen LogP contribution in [0.15, 0.2) is 0 Å². The van der Waals surface area contributed by atoms with Gasteiger partial charge in [0.1, 0.15) is 0 Å². The predicted molar refractivity (Wildman–Crippen MR) is 75.0 cm³/mol. The van der Waals surface area contributed by atoms with E-state index in [2.05, 4.69) is 31.0 Å². The van der Waals surface area contributed by atoms with Crippen molar-refractivity contribution in [3.8, 4) is 0 Å². The standard InChI is InChI=1S/C14H30N2O2/c1-12(2)15-9-13(10-17-4)16-8-6-7-14(3,11-16)18-5/h12-13,15H,6-11H2,1-5H3. The third kappa shape index (κ3) is 4.84. The average Bonchev–Trinajstić information content (AvgIpc) is 2.34. The molecule has 1 saturated heterocycles. The Morgan fingerprint density at radius 3 is 2.61 bits per heavy atom. The molecule has 4 nitrogen and oxygen atoms in total. The Morgan fingerprint density at radius 1 is 1.33 bits per heavy atom. The molecule has 0 saturated carbocycles. The Bertz CT molecular complexity index is 236. The molecule has 18 heavy (non-hydrogen) atoms. The summed E-state index contributed by atoms with van der Waals surface area (Å²) in [6, 6.07) is 0.954. The van der Waals surface area contributed by atoms with E-state index in [9.17, 15) is 0 Å². The Hall–Kier alpha value is -0.160. The summed E-state index contributed by atoms with van der Waals surface area (Å²) < 4.78 is 11.0. The van der Waals surface area contributed by atoms with E-state index in [0.717, 1.165) is 32.7 Å². The highest BCUT2D eigenvalue weighted by atomic mass is 16.5. The molecule has 0 aromatic rings. The van der Waals surface area contributed by atoms with Crippen molar-refractivity contribution < 1.29 is 9.47 Å². The fourth-order valence-electron chi connectivity index (χ4n) is 2.58. The van der Waals surface area contributed by atoms with Crippen molar-refractivity contribution in [3.05, 3.63) is 0 Å². The van der Waals surface area contributed by atoms with E-state index in [4.69, 9.17) is 9.47 Å². The second-order valence-electron chi connectivity index (χ2n) is 5.90. The summed E-state index contributed by atoms with van der Waals surface area (Å²) in [4.78, 5) is 2.51. The lowest BCUT2D eigenvalue weighted by atomic mass is 9.93. The number of hydrogen-bond acceptors (Lipinski definition) is 4. The molecule has 1 aliphatic rings. The first-order valence-corrected chi connectivity index (χ1v) is 7.02. The Balaban J connectivity index is 2.55. The Labute approximate surface area is 112 Å². The molecule has 1 N–H and O–H groups in total. The molecule has 0 aromatic heterocycles. The smallest absolute Gasteiger partial charge is 0.0777 e. The fraction of sp³-hybridized carbons (Fsp3) is 1.00. The van der Waals surface area contributed by atoms with E-state index in [0.29, 0.717) is 12.1 Å². The maximum atomic E-state index is 5.66. The highest BCUT2D eigenvalue weighted by Gasteiger charge is 2.33. The zero-order chi connectivity index (χ0) is 13.6. The summed E-state index contributed by atoms with van der Waals surface area (Å²) in [6.45, 7) is 10.5. The number of ether oxygens (including phenoxy) is 2. The van der Waals surface area contributed by atoms with Crippen LogP contribution in [0.1, 0.15) is 33.6 Å². The van der Waals surface area contributed by atoms with Crippen LogP contribution in [0.25, 0.3) is 0 Å². The minimum Gasteiger partial charge on any atom is -0.383 e. The molecule has 1 heterocycles. The fourth-order valence-corrected chi connectivity index (χ4v) is 2.58. The monoisotopic (exact) mass is 258 g/mol. The van der Waals surface area contributed by atoms with Gasteiger partial charge in [0.05, 0.1) is 12.2 Å². The molecule has 0 spiro atoms. The number of piperidine rings is 1. The first-order valence-electron chi connectivity index (χ1n) is 7.02. The van der Waals surface area contributed by atoms with Crippen molar-refractivity contribution in [1.82, 2.24) is 10.2 Å². The van der Waals surface area contributed by atoms with Gasteiger partial charge in [0.2, 0.25) is 0 Å². The van der Waals surface area contributed by atoms with Crippen LogP contribution >= 0.6 is 0 Å². The predicted octanol–water partition coefficient (Wildman–Crippen LogP) is 1.50. The van der Waals surface area contributed by atoms with Gasteiger partial charge in [-0.25, -0.2) is 0 Å². The minimum atomic E-state index is 0.00206. The first-order chi connectivity index (χ1) is 8.50. The van der Waals surface area contributed by atoms with Crippen LogP contribution in [0.5, 0.6) is 0 Å². The van der Waals surface area contributed by atoms with E-state index >= 15 is 0 Å². The molecule has 0 radical (unpaired) electrons. The topological polar surface area (TPSA) is 33.7 Å². The van der Waals surface area contributed by atoms with Gasteiger partial charge in [-0.05, 0) is 26.3 Å². The zero-order valence-corrected chi connectivity index (χ0v) is 12.7. The molecule has 2 atom stereocenters. The van der Waals surface area contributed by atoms with Crippen molar-refractivity contribution in [2.24, 2.45) is 0 Å². The van der Waals surface area contributed by atoms with Gasteiger partial charge in [0, 0.05) is 39.4 Å². The van der Waals surface area contributed by atoms with Gasteiger partial charge < -0.3 is 14.8 Å². The summed E-state index contributed by atoms with van der Waals surface area (Å²) in [5.41, 5.74) is 0.00206. The van der Waals surface area contributed by atoms with E-state index in [1.807, 2.05) is 7.11 Å². The number of methoxy groups -OCH3 is 2. The van der Waals surface area contributed by atoms with E-state index in [-0.39, 0.29) is 5.60 Å². The van der Waals surface area contributed by atoms with Crippen LogP contribution in [0, 0.1) is 0 Å². The molecule has 1 rings (SSSR count). The second-order valence-corrected chi connectivity index (χ2v) is 5.90. The van der Waals surface area contributed by atoms with Crippen LogP contribution in [-0.4, -0.2) is 63.0 Å². The molecule has 0 bridgehead atoms. The molecule has 0 aromatic carbocycles. The Morgan fingerprint density at radius 2 is 2.06 bits per heavy atom. The lowest BCUT2D eigenvalue weighted by Gasteiger charge is -2.43. The third-order valence-corrected chi connectivity index (χ3v) is 3.82. The number of rotatable bonds is 7. The van der Waals surface area contributed by atoms with Gasteiger partial charge >= 0.3 is 0 Å². The van der Waals surface area contributed by atoms with Crippen LogP contribution in [0.3, 0.4) is 0 Å². The largest absolute Gasteiger partial charge is 0.383 e. The summed E-state index contributed by atoms with van der Waals surface area (Å²) in [5, 5.41) is 3.51. The number of likely N-dealkylation sites (tertiary alicyclic amines) is 1. The number of nitrogens with zero attached hydrogens (tertiary/aromatic N) is 1. The SMILES string of the molecule is COCC(CNC(C)C)N1CCCC(C)(OC)C1. The van der Waals surface area contributed by atoms with Crippen LogP contribution < -0.4 is 5.32 Å². The van der Waals surface area contributed by atoms with Gasteiger partial charge in [0.25, 0.3) is 0 Å². The molecule has 2 unspecified atom stereocenters. The van der Waals surface area contributed by atoms with Gasteiger partial charge in [0.15, 0.2) is 0 Å². The summed E-state index contributed by atoms with van der Waals surface area (Å²) in [7, 11) is 3.60. The normalized spacial score (nSPS) is 27.7. The maximum absolute atomic E-state index is 5.66. The average molecular weight is 258 g/mol. The molecule has 0 aliphatic carbocycles. The van der Waals surface area contributed by atoms with Gasteiger partial charge in [-0.3, -0.25) is 4.90 Å². The minimum absolute atomic E-state index is 0.00206. The summed E-state index contributed by atoms with van der Waals surface area (Å²) in [6.07, 6.45) is 2.35. The quantitative estimate of drug-likeness (QED) is 0.750. The Kier molecular flexibility index (Phi) is 6.57. The highest BCUT2D eigenvalue weighted by Crippen LogP contribution is 2.25. The van der Waals surface area contributed by atoms with Crippen LogP contribution in [0.4, 0.5) is 0 Å². The maximum Gasteiger partial charge on any atom is 0.0777 e. The molecule has 0 amide bonds. The third-order valence-electron chi connectivity index (χ3n) is 3.82. The molecule has 1 fully saturated rings.